The average Bonchev–Trinajstić information content (AvgIpc) is 2.49. The predicted octanol–water partition coefficient (Wildman–Crippen LogP) is 2.25. The molecule has 0 bridgehead atoms. The molecule has 1 heterocycles. The minimum absolute atomic E-state index is 0. The second kappa shape index (κ2) is 8.28. The van der Waals surface area contributed by atoms with Crippen molar-refractivity contribution < 1.29 is 0 Å². The number of pyridine rings is 1. The largest absolute Gasteiger partial charge is 0.369 e. The highest BCUT2D eigenvalue weighted by molar-refractivity contribution is 7.98. The van der Waals surface area contributed by atoms with Crippen molar-refractivity contribution in [3.63, 3.8) is 0 Å². The lowest BCUT2D eigenvalue weighted by Gasteiger charge is -2.05. The van der Waals surface area contributed by atoms with Crippen LogP contribution in [0, 0.1) is 0 Å². The van der Waals surface area contributed by atoms with Crippen molar-refractivity contribution in [1.82, 2.24) is 4.98 Å². The lowest BCUT2D eigenvalue weighted by molar-refractivity contribution is 1.16. The zero-order valence-corrected chi connectivity index (χ0v) is 13.1. The summed E-state index contributed by atoms with van der Waals surface area (Å²) in [6.45, 7) is 0. The van der Waals surface area contributed by atoms with Crippen LogP contribution in [-0.2, 0) is 0 Å². The first-order valence-corrected chi connectivity index (χ1v) is 7.15. The van der Waals surface area contributed by atoms with E-state index in [1.807, 2.05) is 48.7 Å². The normalized spacial score (nSPS) is 10.6. The second-order valence-electron chi connectivity index (χ2n) is 3.92. The molecule has 110 valence electrons. The summed E-state index contributed by atoms with van der Waals surface area (Å²) in [6, 6.07) is 13.6. The Bertz CT molecular complexity index is 622. The maximum absolute atomic E-state index is 5.34. The summed E-state index contributed by atoms with van der Waals surface area (Å²) in [6.07, 6.45) is 3.80. The van der Waals surface area contributed by atoms with Gasteiger partial charge in [-0.05, 0) is 18.4 Å². The van der Waals surface area contributed by atoms with Crippen LogP contribution in [0.4, 0.5) is 0 Å². The minimum atomic E-state index is -0.0841. The van der Waals surface area contributed by atoms with Crippen LogP contribution in [0.5, 0.6) is 0 Å². The van der Waals surface area contributed by atoms with E-state index in [1.165, 1.54) is 0 Å². The standard InChI is InChI=1S/C14H15N5S.ClH/c1-20-11-7-8-12(17-9-11)13(18-19-14(15)16)10-5-3-2-4-6-10;/h2-9H,1H3,(H4,15,16,19);1H/b18-13-;. The third kappa shape index (κ3) is 4.77. The zero-order valence-electron chi connectivity index (χ0n) is 11.4. The Hall–Kier alpha value is -2.05. The Balaban J connectivity index is 0.00000220. The van der Waals surface area contributed by atoms with E-state index in [0.717, 1.165) is 16.2 Å². The summed E-state index contributed by atoms with van der Waals surface area (Å²) in [5, 5.41) is 7.84. The summed E-state index contributed by atoms with van der Waals surface area (Å²) >= 11 is 1.63. The first-order chi connectivity index (χ1) is 9.70. The monoisotopic (exact) mass is 321 g/mol. The van der Waals surface area contributed by atoms with Crippen LogP contribution in [-0.4, -0.2) is 22.9 Å². The van der Waals surface area contributed by atoms with Crippen LogP contribution in [0.2, 0.25) is 0 Å². The number of guanidine groups is 1. The molecule has 0 saturated carbocycles. The lowest BCUT2D eigenvalue weighted by Crippen LogP contribution is -2.22. The van der Waals surface area contributed by atoms with Crippen molar-refractivity contribution in [3.05, 3.63) is 59.9 Å². The van der Waals surface area contributed by atoms with Gasteiger partial charge in [0.05, 0.1) is 5.69 Å². The van der Waals surface area contributed by atoms with Crippen molar-refractivity contribution in [3.8, 4) is 0 Å². The van der Waals surface area contributed by atoms with Gasteiger partial charge in [0.2, 0.25) is 5.96 Å². The van der Waals surface area contributed by atoms with Gasteiger partial charge >= 0.3 is 0 Å². The van der Waals surface area contributed by atoms with Crippen molar-refractivity contribution in [2.24, 2.45) is 21.7 Å². The second-order valence-corrected chi connectivity index (χ2v) is 4.80. The summed E-state index contributed by atoms with van der Waals surface area (Å²) < 4.78 is 0. The van der Waals surface area contributed by atoms with E-state index in [-0.39, 0.29) is 18.4 Å². The smallest absolute Gasteiger partial charge is 0.211 e. The van der Waals surface area contributed by atoms with Crippen LogP contribution in [0.25, 0.3) is 0 Å². The Kier molecular flexibility index (Phi) is 6.71. The molecule has 7 heteroatoms. The maximum atomic E-state index is 5.34. The first kappa shape index (κ1) is 17.0. The molecule has 0 spiro atoms. The minimum Gasteiger partial charge on any atom is -0.369 e. The predicted molar refractivity (Wildman–Crippen MR) is 91.2 cm³/mol. The van der Waals surface area contributed by atoms with Gasteiger partial charge in [-0.15, -0.1) is 34.4 Å². The molecule has 0 aliphatic rings. The van der Waals surface area contributed by atoms with E-state index in [4.69, 9.17) is 11.5 Å². The Labute approximate surface area is 134 Å². The first-order valence-electron chi connectivity index (χ1n) is 5.93. The molecule has 1 aromatic heterocycles. The maximum Gasteiger partial charge on any atom is 0.211 e. The molecule has 0 aliphatic heterocycles. The molecular formula is C14H16ClN5S. The molecule has 0 aliphatic carbocycles. The fourth-order valence-electron chi connectivity index (χ4n) is 1.60. The number of hydrogen-bond donors (Lipinski definition) is 2. The van der Waals surface area contributed by atoms with E-state index in [0.29, 0.717) is 5.71 Å². The fourth-order valence-corrected chi connectivity index (χ4v) is 1.96. The van der Waals surface area contributed by atoms with Gasteiger partial charge in [-0.3, -0.25) is 4.98 Å². The third-order valence-corrected chi connectivity index (χ3v) is 3.24. The number of halogens is 1. The van der Waals surface area contributed by atoms with Gasteiger partial charge in [0.25, 0.3) is 0 Å². The van der Waals surface area contributed by atoms with Crippen molar-refractivity contribution in [2.45, 2.75) is 4.90 Å². The molecule has 0 atom stereocenters. The molecule has 2 aromatic rings. The zero-order chi connectivity index (χ0) is 14.4. The molecular weight excluding hydrogens is 306 g/mol. The number of rotatable bonds is 4. The molecule has 0 unspecified atom stereocenters. The van der Waals surface area contributed by atoms with Crippen LogP contribution in [0.3, 0.4) is 0 Å². The van der Waals surface area contributed by atoms with Crippen LogP contribution in [0.1, 0.15) is 11.3 Å². The molecule has 1 aromatic carbocycles. The Morgan fingerprint density at radius 1 is 1.05 bits per heavy atom. The Morgan fingerprint density at radius 3 is 2.29 bits per heavy atom. The lowest BCUT2D eigenvalue weighted by atomic mass is 10.1. The molecule has 4 N–H and O–H groups in total. The van der Waals surface area contributed by atoms with Crippen molar-refractivity contribution in [2.75, 3.05) is 6.26 Å². The third-order valence-electron chi connectivity index (χ3n) is 2.53. The molecule has 0 radical (unpaired) electrons. The van der Waals surface area contributed by atoms with Crippen molar-refractivity contribution in [1.29, 1.82) is 0 Å². The molecule has 5 nitrogen and oxygen atoms in total. The van der Waals surface area contributed by atoms with Gasteiger partial charge in [-0.2, -0.15) is 0 Å². The summed E-state index contributed by atoms with van der Waals surface area (Å²) in [4.78, 5) is 5.49. The van der Waals surface area contributed by atoms with Crippen LogP contribution >= 0.6 is 24.2 Å². The molecule has 0 fully saturated rings. The molecule has 0 saturated heterocycles. The van der Waals surface area contributed by atoms with E-state index >= 15 is 0 Å². The number of nitrogens with two attached hydrogens (primary N) is 2. The number of nitrogens with zero attached hydrogens (tertiary/aromatic N) is 3. The number of thioether (sulfide) groups is 1. The molecule has 21 heavy (non-hydrogen) atoms. The summed E-state index contributed by atoms with van der Waals surface area (Å²) in [7, 11) is 0. The van der Waals surface area contributed by atoms with E-state index < -0.39 is 0 Å². The van der Waals surface area contributed by atoms with Crippen molar-refractivity contribution >= 4 is 35.8 Å². The van der Waals surface area contributed by atoms with E-state index in [1.54, 1.807) is 18.0 Å². The quantitative estimate of drug-likeness (QED) is 0.391. The topological polar surface area (TPSA) is 89.6 Å². The fraction of sp³-hybridized carbons (Fsp3) is 0.0714. The van der Waals surface area contributed by atoms with Gasteiger partial charge in [0.15, 0.2) is 0 Å². The van der Waals surface area contributed by atoms with Gasteiger partial charge in [0, 0.05) is 16.7 Å². The van der Waals surface area contributed by atoms with Gasteiger partial charge in [-0.1, -0.05) is 30.3 Å². The summed E-state index contributed by atoms with van der Waals surface area (Å²) in [5.74, 6) is -0.0841. The van der Waals surface area contributed by atoms with Crippen LogP contribution < -0.4 is 11.5 Å². The van der Waals surface area contributed by atoms with Gasteiger partial charge in [0.1, 0.15) is 5.71 Å². The van der Waals surface area contributed by atoms with Gasteiger partial charge in [-0.25, -0.2) is 0 Å². The van der Waals surface area contributed by atoms with Crippen LogP contribution in [0.15, 0.2) is 63.8 Å². The van der Waals surface area contributed by atoms with E-state index in [9.17, 15) is 0 Å². The number of aromatic nitrogens is 1. The SMILES string of the molecule is CSc1ccc(/C(=N\N=C(N)N)c2ccccc2)nc1.Cl. The highest BCUT2D eigenvalue weighted by Gasteiger charge is 2.08. The van der Waals surface area contributed by atoms with Gasteiger partial charge < -0.3 is 11.5 Å². The average molecular weight is 322 g/mol. The number of hydrogen-bond acceptors (Lipinski definition) is 4. The highest BCUT2D eigenvalue weighted by Crippen LogP contribution is 2.15. The van der Waals surface area contributed by atoms with E-state index in [2.05, 4.69) is 15.2 Å². The Morgan fingerprint density at radius 2 is 1.76 bits per heavy atom. The molecule has 2 rings (SSSR count). The summed E-state index contributed by atoms with van der Waals surface area (Å²) in [5.41, 5.74) is 12.9. The number of benzene rings is 1. The highest BCUT2D eigenvalue weighted by atomic mass is 35.5. The molecule has 0 amide bonds.